The average molecular weight is 374 g/mol. The second kappa shape index (κ2) is 7.50. The molecule has 0 aliphatic carbocycles. The van der Waals surface area contributed by atoms with Gasteiger partial charge in [-0.25, -0.2) is 0 Å². The summed E-state index contributed by atoms with van der Waals surface area (Å²) in [5, 5.41) is 9.12. The van der Waals surface area contributed by atoms with Crippen molar-refractivity contribution in [1.29, 1.82) is 5.26 Å². The molecule has 0 unspecified atom stereocenters. The molecule has 0 radical (unpaired) electrons. The first-order valence-electron chi connectivity index (χ1n) is 8.02. The topological polar surface area (TPSA) is 71.8 Å². The molecule has 0 bridgehead atoms. The van der Waals surface area contributed by atoms with E-state index in [0.717, 1.165) is 0 Å². The van der Waals surface area contributed by atoms with E-state index in [9.17, 15) is 13.6 Å². The number of carbonyl (C=O) groups is 1. The predicted molar refractivity (Wildman–Crippen MR) is 92.5 cm³/mol. The molecule has 0 saturated heterocycles. The number of benzene rings is 2. The van der Waals surface area contributed by atoms with E-state index in [1.807, 2.05) is 6.07 Å². The van der Waals surface area contributed by atoms with Gasteiger partial charge in [-0.1, -0.05) is 0 Å². The molecular formula is C19H16F2N2O4. The number of anilines is 1. The molecule has 8 heteroatoms. The third kappa shape index (κ3) is 3.92. The molecule has 140 valence electrons. The lowest BCUT2D eigenvalue weighted by Gasteiger charge is -2.23. The Morgan fingerprint density at radius 3 is 2.63 bits per heavy atom. The largest absolute Gasteiger partial charge is 0.454 e. The van der Waals surface area contributed by atoms with E-state index in [0.29, 0.717) is 33.9 Å². The Kier molecular flexibility index (Phi) is 5.12. The zero-order chi connectivity index (χ0) is 19.6. The van der Waals surface area contributed by atoms with Crippen molar-refractivity contribution in [1.82, 2.24) is 0 Å². The molecule has 0 fully saturated rings. The molecule has 1 aliphatic rings. The highest BCUT2D eigenvalue weighted by atomic mass is 19.3. The standard InChI is InChI=1S/C19H16F2N2O4/c1-11(24)14-4-3-12(8-22)5-15(14)23(2)9-13-6-17-18(26-10-25-17)7-16(13)27-19(20)21/h3-7,19H,9-10H2,1-2H3. The van der Waals surface area contributed by atoms with Crippen LogP contribution in [0.3, 0.4) is 0 Å². The Balaban J connectivity index is 1.98. The lowest BCUT2D eigenvalue weighted by atomic mass is 10.0. The molecular weight excluding hydrogens is 358 g/mol. The smallest absolute Gasteiger partial charge is 0.387 e. The van der Waals surface area contributed by atoms with Crippen LogP contribution in [-0.2, 0) is 6.54 Å². The van der Waals surface area contributed by atoms with Crippen LogP contribution < -0.4 is 19.1 Å². The summed E-state index contributed by atoms with van der Waals surface area (Å²) >= 11 is 0. The molecule has 0 atom stereocenters. The number of alkyl halides is 2. The summed E-state index contributed by atoms with van der Waals surface area (Å²) in [6.45, 7) is -1.43. The molecule has 2 aromatic carbocycles. The summed E-state index contributed by atoms with van der Waals surface area (Å²) in [4.78, 5) is 13.6. The maximum Gasteiger partial charge on any atom is 0.387 e. The van der Waals surface area contributed by atoms with Crippen molar-refractivity contribution in [2.45, 2.75) is 20.1 Å². The van der Waals surface area contributed by atoms with E-state index in [-0.39, 0.29) is 24.9 Å². The summed E-state index contributed by atoms with van der Waals surface area (Å²) in [6, 6.07) is 9.66. The number of ketones is 1. The number of hydrogen-bond donors (Lipinski definition) is 0. The number of halogens is 2. The van der Waals surface area contributed by atoms with Crippen LogP contribution in [0.25, 0.3) is 0 Å². The minimum absolute atomic E-state index is 0.00143. The predicted octanol–water partition coefficient (Wildman–Crippen LogP) is 3.73. The molecule has 2 aromatic rings. The molecule has 0 amide bonds. The van der Waals surface area contributed by atoms with E-state index in [4.69, 9.17) is 14.7 Å². The molecule has 0 saturated carbocycles. The highest BCUT2D eigenvalue weighted by Crippen LogP contribution is 2.39. The van der Waals surface area contributed by atoms with E-state index in [2.05, 4.69) is 4.74 Å². The average Bonchev–Trinajstić information content (AvgIpc) is 3.07. The van der Waals surface area contributed by atoms with Gasteiger partial charge in [0.1, 0.15) is 5.75 Å². The van der Waals surface area contributed by atoms with Gasteiger partial charge in [0.05, 0.1) is 11.6 Å². The van der Waals surface area contributed by atoms with Gasteiger partial charge in [-0.2, -0.15) is 14.0 Å². The van der Waals surface area contributed by atoms with Gasteiger partial charge < -0.3 is 19.1 Å². The van der Waals surface area contributed by atoms with Crippen LogP contribution in [-0.4, -0.2) is 26.2 Å². The van der Waals surface area contributed by atoms with Gasteiger partial charge >= 0.3 is 6.61 Å². The lowest BCUT2D eigenvalue weighted by Crippen LogP contribution is -2.20. The maximum absolute atomic E-state index is 12.8. The quantitative estimate of drug-likeness (QED) is 0.718. The third-order valence-electron chi connectivity index (χ3n) is 4.10. The van der Waals surface area contributed by atoms with Gasteiger partial charge in [-0.15, -0.1) is 0 Å². The van der Waals surface area contributed by atoms with Crippen LogP contribution in [0.2, 0.25) is 0 Å². The zero-order valence-corrected chi connectivity index (χ0v) is 14.7. The van der Waals surface area contributed by atoms with E-state index < -0.39 is 6.61 Å². The Morgan fingerprint density at radius 2 is 2.00 bits per heavy atom. The van der Waals surface area contributed by atoms with Crippen molar-refractivity contribution < 1.29 is 27.8 Å². The van der Waals surface area contributed by atoms with Gasteiger partial charge in [-0.05, 0) is 31.2 Å². The van der Waals surface area contributed by atoms with Gasteiger partial charge in [0.25, 0.3) is 0 Å². The molecule has 0 spiro atoms. The number of ether oxygens (including phenoxy) is 3. The van der Waals surface area contributed by atoms with Crippen LogP contribution in [0.1, 0.15) is 28.4 Å². The maximum atomic E-state index is 12.8. The van der Waals surface area contributed by atoms with E-state index in [1.54, 1.807) is 36.2 Å². The van der Waals surface area contributed by atoms with Gasteiger partial charge in [0, 0.05) is 36.5 Å². The number of hydrogen-bond acceptors (Lipinski definition) is 6. The Hall–Kier alpha value is -3.34. The van der Waals surface area contributed by atoms with Crippen LogP contribution in [0.4, 0.5) is 14.5 Å². The minimum atomic E-state index is -3.00. The SMILES string of the molecule is CC(=O)c1ccc(C#N)cc1N(C)Cc1cc2c(cc1OC(F)F)OCO2. The third-order valence-corrected chi connectivity index (χ3v) is 4.10. The first-order valence-corrected chi connectivity index (χ1v) is 8.02. The zero-order valence-electron chi connectivity index (χ0n) is 14.7. The summed E-state index contributed by atoms with van der Waals surface area (Å²) in [5.74, 6) is 0.545. The van der Waals surface area contributed by atoms with Gasteiger partial charge in [-0.3, -0.25) is 4.79 Å². The Labute approximate surface area is 154 Å². The molecule has 1 aliphatic heterocycles. The van der Waals surface area contributed by atoms with Gasteiger partial charge in [0.2, 0.25) is 6.79 Å². The van der Waals surface area contributed by atoms with Crippen LogP contribution in [0.5, 0.6) is 17.2 Å². The van der Waals surface area contributed by atoms with Crippen molar-refractivity contribution in [2.24, 2.45) is 0 Å². The van der Waals surface area contributed by atoms with Gasteiger partial charge in [0.15, 0.2) is 17.3 Å². The fourth-order valence-electron chi connectivity index (χ4n) is 2.85. The minimum Gasteiger partial charge on any atom is -0.454 e. The molecule has 27 heavy (non-hydrogen) atoms. The molecule has 1 heterocycles. The lowest BCUT2D eigenvalue weighted by molar-refractivity contribution is -0.0505. The summed E-state index contributed by atoms with van der Waals surface area (Å²) in [5.41, 5.74) is 1.76. The second-order valence-electron chi connectivity index (χ2n) is 5.95. The highest BCUT2D eigenvalue weighted by Gasteiger charge is 2.22. The monoisotopic (exact) mass is 374 g/mol. The van der Waals surface area contributed by atoms with Crippen molar-refractivity contribution >= 4 is 11.5 Å². The van der Waals surface area contributed by atoms with E-state index >= 15 is 0 Å². The van der Waals surface area contributed by atoms with Crippen molar-refractivity contribution in [3.63, 3.8) is 0 Å². The number of nitrogens with zero attached hydrogens (tertiary/aromatic N) is 2. The molecule has 6 nitrogen and oxygen atoms in total. The Morgan fingerprint density at radius 1 is 1.30 bits per heavy atom. The first-order chi connectivity index (χ1) is 12.9. The molecule has 3 rings (SSSR count). The van der Waals surface area contributed by atoms with Crippen molar-refractivity contribution in [3.8, 4) is 23.3 Å². The first kappa shape index (κ1) is 18.5. The summed E-state index contributed by atoms with van der Waals surface area (Å²) in [6.07, 6.45) is 0. The number of rotatable bonds is 6. The number of nitriles is 1. The Bertz CT molecular complexity index is 925. The normalized spacial score (nSPS) is 12.0. The summed E-state index contributed by atoms with van der Waals surface area (Å²) < 4.78 is 40.7. The van der Waals surface area contributed by atoms with Crippen LogP contribution >= 0.6 is 0 Å². The number of fused-ring (bicyclic) bond motifs is 1. The van der Waals surface area contributed by atoms with Crippen LogP contribution in [0.15, 0.2) is 30.3 Å². The molecule has 0 N–H and O–H groups in total. The van der Waals surface area contributed by atoms with Crippen LogP contribution in [0, 0.1) is 11.3 Å². The second-order valence-corrected chi connectivity index (χ2v) is 5.95. The fraction of sp³-hybridized carbons (Fsp3) is 0.263. The number of Topliss-reactive ketones (excluding diaryl/α,β-unsaturated/α-hetero) is 1. The van der Waals surface area contributed by atoms with Crippen molar-refractivity contribution in [3.05, 3.63) is 47.0 Å². The fourth-order valence-corrected chi connectivity index (χ4v) is 2.85. The highest BCUT2D eigenvalue weighted by molar-refractivity contribution is 6.00. The number of carbonyl (C=O) groups excluding carboxylic acids is 1. The van der Waals surface area contributed by atoms with E-state index in [1.165, 1.54) is 13.0 Å². The molecule has 0 aromatic heterocycles. The van der Waals surface area contributed by atoms with Crippen molar-refractivity contribution in [2.75, 3.05) is 18.7 Å². The summed E-state index contributed by atoms with van der Waals surface area (Å²) in [7, 11) is 1.69.